The van der Waals surface area contributed by atoms with Crippen LogP contribution in [0.5, 0.6) is 0 Å². The molecule has 2 rings (SSSR count). The van der Waals surface area contributed by atoms with Gasteiger partial charge >= 0.3 is 6.18 Å². The Morgan fingerprint density at radius 1 is 1.44 bits per heavy atom. The molecule has 0 unspecified atom stereocenters. The summed E-state index contributed by atoms with van der Waals surface area (Å²) in [4.78, 5) is 2.09. The molecule has 2 atom stereocenters. The van der Waals surface area contributed by atoms with E-state index in [2.05, 4.69) is 4.90 Å². The highest BCUT2D eigenvalue weighted by Gasteiger charge is 2.39. The number of likely N-dealkylation sites (tertiary alicyclic amines) is 1. The summed E-state index contributed by atoms with van der Waals surface area (Å²) in [6.07, 6.45) is -2.71. The van der Waals surface area contributed by atoms with Crippen LogP contribution in [-0.4, -0.2) is 24.0 Å². The summed E-state index contributed by atoms with van der Waals surface area (Å²) in [7, 11) is 0. The Morgan fingerprint density at radius 2 is 2.17 bits per heavy atom. The van der Waals surface area contributed by atoms with Crippen molar-refractivity contribution in [3.05, 3.63) is 23.7 Å². The van der Waals surface area contributed by atoms with Crippen LogP contribution in [0.1, 0.15) is 37.3 Å². The SMILES string of the molecule is CCCN1CC[C@@H](N)[C@@H]1c1ccc(C(F)(F)F)o1. The molecule has 1 saturated heterocycles. The predicted molar refractivity (Wildman–Crippen MR) is 60.9 cm³/mol. The summed E-state index contributed by atoms with van der Waals surface area (Å²) in [5, 5.41) is 0. The summed E-state index contributed by atoms with van der Waals surface area (Å²) < 4.78 is 42.4. The van der Waals surface area contributed by atoms with Crippen molar-refractivity contribution in [3.63, 3.8) is 0 Å². The first kappa shape index (κ1) is 13.4. The molecule has 6 heteroatoms. The van der Waals surface area contributed by atoms with Crippen LogP contribution in [0.4, 0.5) is 13.2 Å². The number of rotatable bonds is 3. The number of nitrogens with zero attached hydrogens (tertiary/aromatic N) is 1. The third-order valence-corrected chi connectivity index (χ3v) is 3.26. The Hall–Kier alpha value is -1.01. The average molecular weight is 262 g/mol. The van der Waals surface area contributed by atoms with Crippen LogP contribution >= 0.6 is 0 Å². The van der Waals surface area contributed by atoms with Crippen molar-refractivity contribution in [2.75, 3.05) is 13.1 Å². The van der Waals surface area contributed by atoms with Gasteiger partial charge in [0.1, 0.15) is 5.76 Å². The van der Waals surface area contributed by atoms with Crippen molar-refractivity contribution in [2.24, 2.45) is 5.73 Å². The van der Waals surface area contributed by atoms with Gasteiger partial charge in [-0.25, -0.2) is 0 Å². The molecule has 0 bridgehead atoms. The molecule has 3 nitrogen and oxygen atoms in total. The van der Waals surface area contributed by atoms with Crippen molar-refractivity contribution in [1.29, 1.82) is 0 Å². The maximum atomic E-state index is 12.5. The number of nitrogens with two attached hydrogens (primary N) is 1. The third-order valence-electron chi connectivity index (χ3n) is 3.26. The second-order valence-corrected chi connectivity index (χ2v) is 4.63. The molecule has 1 aliphatic heterocycles. The number of alkyl halides is 3. The van der Waals surface area contributed by atoms with Gasteiger partial charge in [0.2, 0.25) is 5.76 Å². The first-order valence-electron chi connectivity index (χ1n) is 6.10. The van der Waals surface area contributed by atoms with Gasteiger partial charge in [-0.15, -0.1) is 0 Å². The molecule has 2 N–H and O–H groups in total. The highest BCUT2D eigenvalue weighted by atomic mass is 19.4. The van der Waals surface area contributed by atoms with Crippen LogP contribution in [0.2, 0.25) is 0 Å². The average Bonchev–Trinajstić information content (AvgIpc) is 2.85. The number of furan rings is 1. The molecule has 1 aliphatic rings. The standard InChI is InChI=1S/C12H17F3N2O/c1-2-6-17-7-5-8(16)11(17)9-3-4-10(18-9)12(13,14)15/h3-4,8,11H,2,5-7,16H2,1H3/t8-,11-/m1/s1. The number of halogens is 3. The van der Waals surface area contributed by atoms with Gasteiger partial charge < -0.3 is 10.2 Å². The minimum absolute atomic E-state index is 0.163. The van der Waals surface area contributed by atoms with Crippen LogP contribution in [0.25, 0.3) is 0 Å². The second-order valence-electron chi connectivity index (χ2n) is 4.63. The number of hydrogen-bond donors (Lipinski definition) is 1. The van der Waals surface area contributed by atoms with Gasteiger partial charge in [-0.3, -0.25) is 4.90 Å². The van der Waals surface area contributed by atoms with Crippen molar-refractivity contribution in [3.8, 4) is 0 Å². The van der Waals surface area contributed by atoms with Gasteiger partial charge in [0, 0.05) is 12.6 Å². The van der Waals surface area contributed by atoms with E-state index in [1.165, 1.54) is 6.07 Å². The molecule has 0 radical (unpaired) electrons. The highest BCUT2D eigenvalue weighted by Crippen LogP contribution is 2.36. The molecular weight excluding hydrogens is 245 g/mol. The molecule has 0 saturated carbocycles. The van der Waals surface area contributed by atoms with E-state index >= 15 is 0 Å². The van der Waals surface area contributed by atoms with E-state index in [1.807, 2.05) is 6.92 Å². The van der Waals surface area contributed by atoms with Crippen LogP contribution in [0.15, 0.2) is 16.5 Å². The van der Waals surface area contributed by atoms with E-state index in [-0.39, 0.29) is 12.1 Å². The third kappa shape index (κ3) is 2.54. The first-order valence-corrected chi connectivity index (χ1v) is 6.10. The molecule has 0 aliphatic carbocycles. The summed E-state index contributed by atoms with van der Waals surface area (Å²) in [6.45, 7) is 3.66. The van der Waals surface area contributed by atoms with Gasteiger partial charge in [0.05, 0.1) is 6.04 Å². The molecule has 1 aromatic rings. The Labute approximate surface area is 104 Å². The first-order chi connectivity index (χ1) is 8.43. The van der Waals surface area contributed by atoms with Crippen LogP contribution in [0.3, 0.4) is 0 Å². The molecule has 0 aromatic carbocycles. The Kier molecular flexibility index (Phi) is 3.68. The van der Waals surface area contributed by atoms with E-state index in [0.29, 0.717) is 5.76 Å². The van der Waals surface area contributed by atoms with Crippen LogP contribution in [0, 0.1) is 0 Å². The molecule has 18 heavy (non-hydrogen) atoms. The van der Waals surface area contributed by atoms with Gasteiger partial charge in [-0.2, -0.15) is 13.2 Å². The lowest BCUT2D eigenvalue weighted by Gasteiger charge is -2.24. The second kappa shape index (κ2) is 4.93. The molecular formula is C12H17F3N2O. The molecule has 0 amide bonds. The quantitative estimate of drug-likeness (QED) is 0.910. The van der Waals surface area contributed by atoms with E-state index < -0.39 is 11.9 Å². The van der Waals surface area contributed by atoms with Crippen LogP contribution in [-0.2, 0) is 6.18 Å². The monoisotopic (exact) mass is 262 g/mol. The highest BCUT2D eigenvalue weighted by molar-refractivity contribution is 5.16. The van der Waals surface area contributed by atoms with Crippen molar-refractivity contribution < 1.29 is 17.6 Å². The smallest absolute Gasteiger partial charge is 0.449 e. The zero-order valence-corrected chi connectivity index (χ0v) is 10.2. The molecule has 1 fully saturated rings. The van der Waals surface area contributed by atoms with Crippen molar-refractivity contribution in [1.82, 2.24) is 4.90 Å². The maximum Gasteiger partial charge on any atom is 0.449 e. The normalized spacial score (nSPS) is 25.8. The van der Waals surface area contributed by atoms with E-state index in [1.54, 1.807) is 0 Å². The Bertz CT molecular complexity index is 400. The molecule has 2 heterocycles. The molecule has 102 valence electrons. The Morgan fingerprint density at radius 3 is 2.72 bits per heavy atom. The van der Waals surface area contributed by atoms with Crippen molar-refractivity contribution in [2.45, 2.75) is 38.0 Å². The largest absolute Gasteiger partial charge is 0.455 e. The fraction of sp³-hybridized carbons (Fsp3) is 0.667. The molecule has 0 spiro atoms. The van der Waals surface area contributed by atoms with Crippen LogP contribution < -0.4 is 5.73 Å². The Balaban J connectivity index is 2.21. The van der Waals surface area contributed by atoms with Gasteiger partial charge in [-0.1, -0.05) is 6.92 Å². The van der Waals surface area contributed by atoms with Crippen molar-refractivity contribution >= 4 is 0 Å². The predicted octanol–water partition coefficient (Wildman–Crippen LogP) is 2.78. The summed E-state index contributed by atoms with van der Waals surface area (Å²) in [5.74, 6) is -0.631. The topological polar surface area (TPSA) is 42.4 Å². The minimum Gasteiger partial charge on any atom is -0.455 e. The summed E-state index contributed by atoms with van der Waals surface area (Å²) >= 11 is 0. The lowest BCUT2D eigenvalue weighted by atomic mass is 10.1. The fourth-order valence-electron chi connectivity index (χ4n) is 2.48. The summed E-state index contributed by atoms with van der Waals surface area (Å²) in [5.41, 5.74) is 5.97. The van der Waals surface area contributed by atoms with E-state index in [4.69, 9.17) is 10.2 Å². The zero-order valence-electron chi connectivity index (χ0n) is 10.2. The van der Waals surface area contributed by atoms with Gasteiger partial charge in [0.25, 0.3) is 0 Å². The lowest BCUT2D eigenvalue weighted by molar-refractivity contribution is -0.153. The summed E-state index contributed by atoms with van der Waals surface area (Å²) in [6, 6.07) is 1.97. The fourth-order valence-corrected chi connectivity index (χ4v) is 2.48. The van der Waals surface area contributed by atoms with Gasteiger partial charge in [-0.05, 0) is 31.5 Å². The zero-order chi connectivity index (χ0) is 13.3. The maximum absolute atomic E-state index is 12.5. The lowest BCUT2D eigenvalue weighted by Crippen LogP contribution is -2.32. The molecule has 1 aromatic heterocycles. The minimum atomic E-state index is -4.43. The van der Waals surface area contributed by atoms with E-state index in [0.717, 1.165) is 32.0 Å². The van der Waals surface area contributed by atoms with E-state index in [9.17, 15) is 13.2 Å². The van der Waals surface area contributed by atoms with Gasteiger partial charge in [0.15, 0.2) is 0 Å². The number of hydrogen-bond acceptors (Lipinski definition) is 3.